The molecule has 2 aliphatic rings. The normalized spacial score (nSPS) is 25.2. The number of carbonyl (C=O) groups excluding carboxylic acids is 3. The van der Waals surface area contributed by atoms with Crippen LogP contribution in [0.15, 0.2) is 36.4 Å². The van der Waals surface area contributed by atoms with Gasteiger partial charge in [0, 0.05) is 11.5 Å². The van der Waals surface area contributed by atoms with E-state index in [2.05, 4.69) is 0 Å². The zero-order chi connectivity index (χ0) is 17.6. The molecule has 1 saturated heterocycles. The van der Waals surface area contributed by atoms with Gasteiger partial charge in [0.2, 0.25) is 0 Å². The molecular formula is C19H16O6. The number of fused-ring (bicyclic) bond motifs is 3. The number of cyclic esters (lactones) is 1. The van der Waals surface area contributed by atoms with E-state index in [1.165, 1.54) is 7.11 Å². The molecule has 0 radical (unpaired) electrons. The van der Waals surface area contributed by atoms with Crippen molar-refractivity contribution in [1.82, 2.24) is 0 Å². The van der Waals surface area contributed by atoms with E-state index in [9.17, 15) is 14.4 Å². The third-order valence-corrected chi connectivity index (χ3v) is 4.95. The van der Waals surface area contributed by atoms with E-state index in [1.807, 2.05) is 30.3 Å². The van der Waals surface area contributed by atoms with Gasteiger partial charge >= 0.3 is 17.9 Å². The van der Waals surface area contributed by atoms with Gasteiger partial charge in [-0.25, -0.2) is 0 Å². The van der Waals surface area contributed by atoms with Gasteiger partial charge in [0.15, 0.2) is 5.92 Å². The van der Waals surface area contributed by atoms with Gasteiger partial charge < -0.3 is 14.2 Å². The SMILES string of the molecule is COC(=O)[C@@H]1C(=O)Oc2ccc3ccccc3c2[C@H]1[C@H]1CCOC1=O. The van der Waals surface area contributed by atoms with Crippen molar-refractivity contribution >= 4 is 28.7 Å². The molecule has 1 fully saturated rings. The molecule has 0 aliphatic carbocycles. The molecule has 3 atom stereocenters. The lowest BCUT2D eigenvalue weighted by molar-refractivity contribution is -0.159. The van der Waals surface area contributed by atoms with Crippen LogP contribution < -0.4 is 4.74 Å². The summed E-state index contributed by atoms with van der Waals surface area (Å²) in [5.74, 6) is -3.83. The van der Waals surface area contributed by atoms with Gasteiger partial charge in [-0.3, -0.25) is 14.4 Å². The van der Waals surface area contributed by atoms with Gasteiger partial charge in [-0.05, 0) is 23.3 Å². The van der Waals surface area contributed by atoms with E-state index in [0.717, 1.165) is 10.8 Å². The number of hydrogen-bond acceptors (Lipinski definition) is 6. The number of ether oxygens (including phenoxy) is 3. The van der Waals surface area contributed by atoms with E-state index in [4.69, 9.17) is 14.2 Å². The summed E-state index contributed by atoms with van der Waals surface area (Å²) >= 11 is 0. The second kappa shape index (κ2) is 5.88. The lowest BCUT2D eigenvalue weighted by atomic mass is 9.73. The van der Waals surface area contributed by atoms with E-state index >= 15 is 0 Å². The molecule has 2 aromatic rings. The maximum Gasteiger partial charge on any atom is 0.326 e. The zero-order valence-corrected chi connectivity index (χ0v) is 13.6. The van der Waals surface area contributed by atoms with Gasteiger partial charge in [0.05, 0.1) is 19.6 Å². The fourth-order valence-corrected chi connectivity index (χ4v) is 3.83. The minimum absolute atomic E-state index is 0.281. The van der Waals surface area contributed by atoms with Crippen LogP contribution >= 0.6 is 0 Å². The van der Waals surface area contributed by atoms with E-state index in [0.29, 0.717) is 17.7 Å². The van der Waals surface area contributed by atoms with Crippen LogP contribution in [0, 0.1) is 11.8 Å². The average molecular weight is 340 g/mol. The summed E-state index contributed by atoms with van der Waals surface area (Å²) in [6.45, 7) is 0.281. The summed E-state index contributed by atoms with van der Waals surface area (Å²) in [7, 11) is 1.22. The highest BCUT2D eigenvalue weighted by molar-refractivity contribution is 6.02. The summed E-state index contributed by atoms with van der Waals surface area (Å²) in [5, 5.41) is 1.80. The van der Waals surface area contributed by atoms with E-state index in [-0.39, 0.29) is 6.61 Å². The number of carbonyl (C=O) groups is 3. The van der Waals surface area contributed by atoms with Crippen LogP contribution in [0.2, 0.25) is 0 Å². The molecular weight excluding hydrogens is 324 g/mol. The van der Waals surface area contributed by atoms with Crippen LogP contribution in [0.25, 0.3) is 10.8 Å². The molecule has 25 heavy (non-hydrogen) atoms. The fraction of sp³-hybridized carbons (Fsp3) is 0.316. The van der Waals surface area contributed by atoms with Gasteiger partial charge in [-0.1, -0.05) is 30.3 Å². The predicted molar refractivity (Wildman–Crippen MR) is 86.9 cm³/mol. The van der Waals surface area contributed by atoms with E-state index in [1.54, 1.807) is 6.07 Å². The van der Waals surface area contributed by atoms with Gasteiger partial charge in [0.25, 0.3) is 0 Å². The number of rotatable bonds is 2. The van der Waals surface area contributed by atoms with Crippen molar-refractivity contribution in [2.24, 2.45) is 11.8 Å². The Morgan fingerprint density at radius 2 is 1.92 bits per heavy atom. The maximum absolute atomic E-state index is 12.5. The number of benzene rings is 2. The highest BCUT2D eigenvalue weighted by atomic mass is 16.6. The molecule has 0 N–H and O–H groups in total. The second-order valence-corrected chi connectivity index (χ2v) is 6.21. The first-order valence-corrected chi connectivity index (χ1v) is 8.09. The predicted octanol–water partition coefficient (Wildman–Crippen LogP) is 2.19. The van der Waals surface area contributed by atoms with Crippen molar-refractivity contribution in [1.29, 1.82) is 0 Å². The monoisotopic (exact) mass is 340 g/mol. The van der Waals surface area contributed by atoms with Crippen LogP contribution in [-0.2, 0) is 23.9 Å². The molecule has 128 valence electrons. The van der Waals surface area contributed by atoms with Crippen LogP contribution in [0.1, 0.15) is 17.9 Å². The van der Waals surface area contributed by atoms with Crippen LogP contribution in [-0.4, -0.2) is 31.6 Å². The Bertz CT molecular complexity index is 887. The van der Waals surface area contributed by atoms with Crippen molar-refractivity contribution in [3.63, 3.8) is 0 Å². The Hall–Kier alpha value is -2.89. The quantitative estimate of drug-likeness (QED) is 0.474. The second-order valence-electron chi connectivity index (χ2n) is 6.21. The molecule has 0 saturated carbocycles. The van der Waals surface area contributed by atoms with Crippen molar-refractivity contribution < 1.29 is 28.6 Å². The Labute approximate surface area is 143 Å². The van der Waals surface area contributed by atoms with Gasteiger partial charge in [-0.15, -0.1) is 0 Å². The van der Waals surface area contributed by atoms with Crippen molar-refractivity contribution in [2.45, 2.75) is 12.3 Å². The topological polar surface area (TPSA) is 78.9 Å². The third kappa shape index (κ3) is 2.36. The van der Waals surface area contributed by atoms with Crippen molar-refractivity contribution in [3.8, 4) is 5.75 Å². The van der Waals surface area contributed by atoms with Crippen LogP contribution in [0.3, 0.4) is 0 Å². The van der Waals surface area contributed by atoms with Crippen molar-refractivity contribution in [2.75, 3.05) is 13.7 Å². The minimum atomic E-state index is -1.18. The first-order chi connectivity index (χ1) is 12.1. The molecule has 2 heterocycles. The highest BCUT2D eigenvalue weighted by Crippen LogP contribution is 2.48. The Kier molecular flexibility index (Phi) is 3.67. The minimum Gasteiger partial charge on any atom is -0.468 e. The van der Waals surface area contributed by atoms with Crippen LogP contribution in [0.4, 0.5) is 0 Å². The number of hydrogen-bond donors (Lipinski definition) is 0. The fourth-order valence-electron chi connectivity index (χ4n) is 3.83. The molecule has 0 spiro atoms. The summed E-state index contributed by atoms with van der Waals surface area (Å²) in [6, 6.07) is 11.2. The Morgan fingerprint density at radius 1 is 1.12 bits per heavy atom. The molecule has 0 amide bonds. The molecule has 0 bridgehead atoms. The first kappa shape index (κ1) is 15.6. The third-order valence-electron chi connectivity index (χ3n) is 4.95. The smallest absolute Gasteiger partial charge is 0.326 e. The van der Waals surface area contributed by atoms with Crippen molar-refractivity contribution in [3.05, 3.63) is 42.0 Å². The van der Waals surface area contributed by atoms with E-state index < -0.39 is 35.7 Å². The molecule has 0 unspecified atom stereocenters. The maximum atomic E-state index is 12.5. The summed E-state index contributed by atoms with van der Waals surface area (Å²) < 4.78 is 15.3. The molecule has 4 rings (SSSR count). The lowest BCUT2D eigenvalue weighted by Crippen LogP contribution is -2.42. The highest BCUT2D eigenvalue weighted by Gasteiger charge is 2.51. The largest absolute Gasteiger partial charge is 0.468 e. The van der Waals surface area contributed by atoms with Crippen LogP contribution in [0.5, 0.6) is 5.75 Å². The summed E-state index contributed by atoms with van der Waals surface area (Å²) in [6.07, 6.45) is 0.451. The lowest BCUT2D eigenvalue weighted by Gasteiger charge is -2.33. The molecule has 0 aromatic heterocycles. The summed E-state index contributed by atoms with van der Waals surface area (Å²) in [4.78, 5) is 37.1. The van der Waals surface area contributed by atoms with Gasteiger partial charge in [0.1, 0.15) is 5.75 Å². The number of esters is 3. The Morgan fingerprint density at radius 3 is 2.64 bits per heavy atom. The Balaban J connectivity index is 1.98. The molecule has 6 heteroatoms. The standard InChI is InChI=1S/C19H16O6/c1-23-18(21)16-15(12-8-9-24-17(12)20)14-11-5-3-2-4-10(11)6-7-13(14)25-19(16)22/h2-7,12,15-16H,8-9H2,1H3/t12-,15-,16-/m1/s1. The molecule has 2 aromatic carbocycles. The zero-order valence-electron chi connectivity index (χ0n) is 13.6. The summed E-state index contributed by atoms with van der Waals surface area (Å²) in [5.41, 5.74) is 0.692. The van der Waals surface area contributed by atoms with Gasteiger partial charge in [-0.2, -0.15) is 0 Å². The number of methoxy groups -OCH3 is 1. The first-order valence-electron chi connectivity index (χ1n) is 8.09. The molecule has 6 nitrogen and oxygen atoms in total. The molecule has 2 aliphatic heterocycles. The average Bonchev–Trinajstić information content (AvgIpc) is 3.05.